The Hall–Kier alpha value is -1.00. The number of thiol groups is 1. The molecule has 0 unspecified atom stereocenters. The number of hydrogen-bond donors (Lipinski definition) is 2. The number of rotatable bonds is 1. The molecule has 0 saturated carbocycles. The molecule has 4 heteroatoms. The van der Waals surface area contributed by atoms with Crippen molar-refractivity contribution in [1.82, 2.24) is 10.2 Å². The summed E-state index contributed by atoms with van der Waals surface area (Å²) in [5, 5.41) is 3.29. The summed E-state index contributed by atoms with van der Waals surface area (Å²) in [7, 11) is 0. The van der Waals surface area contributed by atoms with Gasteiger partial charge >= 0.3 is 0 Å². The minimum Gasteiger partial charge on any atom is -0.337 e. The molecule has 1 fully saturated rings. The Morgan fingerprint density at radius 3 is 3.00 bits per heavy atom. The third-order valence-electron chi connectivity index (χ3n) is 2.72. The van der Waals surface area contributed by atoms with Gasteiger partial charge in [-0.15, -0.1) is 12.6 Å². The molecule has 1 N–H and O–H groups in total. The Labute approximate surface area is 101 Å². The summed E-state index contributed by atoms with van der Waals surface area (Å²) in [4.78, 5) is 14.9. The Morgan fingerprint density at radius 1 is 1.31 bits per heavy atom. The van der Waals surface area contributed by atoms with Gasteiger partial charge in [-0.3, -0.25) is 4.79 Å². The first-order valence-corrected chi connectivity index (χ1v) is 6.01. The predicted molar refractivity (Wildman–Crippen MR) is 67.1 cm³/mol. The molecule has 0 bridgehead atoms. The molecule has 1 aromatic rings. The van der Waals surface area contributed by atoms with Gasteiger partial charge in [0.1, 0.15) is 0 Å². The fourth-order valence-corrected chi connectivity index (χ4v) is 2.10. The van der Waals surface area contributed by atoms with Crippen LogP contribution in [0.3, 0.4) is 0 Å². The fourth-order valence-electron chi connectivity index (χ4n) is 1.87. The van der Waals surface area contributed by atoms with E-state index in [0.717, 1.165) is 43.1 Å². The molecule has 1 aliphatic rings. The van der Waals surface area contributed by atoms with E-state index >= 15 is 0 Å². The quantitative estimate of drug-likeness (QED) is 0.723. The summed E-state index contributed by atoms with van der Waals surface area (Å²) in [5.41, 5.74) is 0.731. The first-order valence-electron chi connectivity index (χ1n) is 5.56. The second-order valence-electron chi connectivity index (χ2n) is 3.95. The van der Waals surface area contributed by atoms with Gasteiger partial charge in [0, 0.05) is 30.1 Å². The van der Waals surface area contributed by atoms with Crippen LogP contribution in [-0.4, -0.2) is 37.0 Å². The molecule has 0 atom stereocenters. The number of nitrogens with one attached hydrogen (secondary N) is 1. The smallest absolute Gasteiger partial charge is 0.253 e. The molecule has 16 heavy (non-hydrogen) atoms. The highest BCUT2D eigenvalue weighted by molar-refractivity contribution is 7.80. The maximum Gasteiger partial charge on any atom is 0.253 e. The second kappa shape index (κ2) is 5.37. The van der Waals surface area contributed by atoms with E-state index in [4.69, 9.17) is 0 Å². The molecule has 1 heterocycles. The van der Waals surface area contributed by atoms with Crippen LogP contribution in [0.5, 0.6) is 0 Å². The lowest BCUT2D eigenvalue weighted by molar-refractivity contribution is 0.0766. The Balaban J connectivity index is 2.11. The molecule has 1 saturated heterocycles. The maximum atomic E-state index is 12.2. The van der Waals surface area contributed by atoms with Crippen LogP contribution in [0.1, 0.15) is 16.8 Å². The van der Waals surface area contributed by atoms with E-state index in [1.165, 1.54) is 0 Å². The summed E-state index contributed by atoms with van der Waals surface area (Å²) in [6.45, 7) is 3.50. The molecular weight excluding hydrogens is 220 g/mol. The van der Waals surface area contributed by atoms with Gasteiger partial charge in [-0.2, -0.15) is 0 Å². The van der Waals surface area contributed by atoms with Gasteiger partial charge in [0.15, 0.2) is 0 Å². The van der Waals surface area contributed by atoms with Crippen LogP contribution in [-0.2, 0) is 0 Å². The zero-order valence-electron chi connectivity index (χ0n) is 9.15. The monoisotopic (exact) mass is 236 g/mol. The minimum atomic E-state index is 0.111. The van der Waals surface area contributed by atoms with Gasteiger partial charge in [0.25, 0.3) is 5.91 Å². The van der Waals surface area contributed by atoms with Crippen molar-refractivity contribution in [3.63, 3.8) is 0 Å². The lowest BCUT2D eigenvalue weighted by atomic mass is 10.2. The topological polar surface area (TPSA) is 32.3 Å². The van der Waals surface area contributed by atoms with Crippen molar-refractivity contribution in [3.05, 3.63) is 29.8 Å². The third kappa shape index (κ3) is 2.77. The van der Waals surface area contributed by atoms with Crippen molar-refractivity contribution in [2.45, 2.75) is 11.3 Å². The van der Waals surface area contributed by atoms with E-state index in [9.17, 15) is 4.79 Å². The normalized spacial score (nSPS) is 16.9. The van der Waals surface area contributed by atoms with Crippen molar-refractivity contribution in [1.29, 1.82) is 0 Å². The molecule has 3 nitrogen and oxygen atoms in total. The standard InChI is InChI=1S/C12H16N2OS/c15-12(10-3-1-4-11(16)9-10)14-7-2-5-13-6-8-14/h1,3-4,9,13,16H,2,5-8H2. The molecule has 0 spiro atoms. The van der Waals surface area contributed by atoms with Crippen molar-refractivity contribution < 1.29 is 4.79 Å². The summed E-state index contributed by atoms with van der Waals surface area (Å²) >= 11 is 4.25. The lowest BCUT2D eigenvalue weighted by Crippen LogP contribution is -2.34. The van der Waals surface area contributed by atoms with Crippen LogP contribution in [0, 0.1) is 0 Å². The molecular formula is C12H16N2OS. The molecule has 2 rings (SSSR count). The van der Waals surface area contributed by atoms with Gasteiger partial charge in [-0.25, -0.2) is 0 Å². The third-order valence-corrected chi connectivity index (χ3v) is 3.00. The van der Waals surface area contributed by atoms with Crippen LogP contribution < -0.4 is 5.32 Å². The van der Waals surface area contributed by atoms with Crippen LogP contribution in [0.2, 0.25) is 0 Å². The van der Waals surface area contributed by atoms with E-state index in [1.807, 2.05) is 29.2 Å². The van der Waals surface area contributed by atoms with E-state index in [1.54, 1.807) is 0 Å². The number of hydrogen-bond acceptors (Lipinski definition) is 3. The van der Waals surface area contributed by atoms with Crippen molar-refractivity contribution in [3.8, 4) is 0 Å². The van der Waals surface area contributed by atoms with E-state index < -0.39 is 0 Å². The summed E-state index contributed by atoms with van der Waals surface area (Å²) in [6.07, 6.45) is 1.02. The first-order chi connectivity index (χ1) is 7.77. The maximum absolute atomic E-state index is 12.2. The second-order valence-corrected chi connectivity index (χ2v) is 4.46. The molecule has 0 radical (unpaired) electrons. The molecule has 1 amide bonds. The zero-order valence-corrected chi connectivity index (χ0v) is 10.0. The Morgan fingerprint density at radius 2 is 2.19 bits per heavy atom. The molecule has 86 valence electrons. The zero-order chi connectivity index (χ0) is 11.4. The Bertz CT molecular complexity index is 373. The van der Waals surface area contributed by atoms with E-state index in [0.29, 0.717) is 0 Å². The first kappa shape index (κ1) is 11.5. The van der Waals surface area contributed by atoms with Gasteiger partial charge in [-0.05, 0) is 31.2 Å². The fraction of sp³-hybridized carbons (Fsp3) is 0.417. The van der Waals surface area contributed by atoms with Gasteiger partial charge in [0.05, 0.1) is 0 Å². The van der Waals surface area contributed by atoms with Crippen molar-refractivity contribution in [2.75, 3.05) is 26.2 Å². The van der Waals surface area contributed by atoms with Crippen molar-refractivity contribution in [2.24, 2.45) is 0 Å². The highest BCUT2D eigenvalue weighted by Gasteiger charge is 2.16. The number of nitrogens with zero attached hydrogens (tertiary/aromatic N) is 1. The lowest BCUT2D eigenvalue weighted by Gasteiger charge is -2.20. The highest BCUT2D eigenvalue weighted by atomic mass is 32.1. The van der Waals surface area contributed by atoms with Gasteiger partial charge in [0.2, 0.25) is 0 Å². The van der Waals surface area contributed by atoms with Crippen LogP contribution in [0.25, 0.3) is 0 Å². The average Bonchev–Trinajstić information content (AvgIpc) is 2.56. The number of carbonyl (C=O) groups is 1. The number of benzene rings is 1. The molecule has 1 aromatic carbocycles. The Kier molecular flexibility index (Phi) is 3.85. The summed E-state index contributed by atoms with van der Waals surface area (Å²) in [5.74, 6) is 0.111. The summed E-state index contributed by atoms with van der Waals surface area (Å²) in [6, 6.07) is 7.42. The molecule has 0 aliphatic carbocycles. The van der Waals surface area contributed by atoms with Crippen LogP contribution >= 0.6 is 12.6 Å². The number of carbonyl (C=O) groups excluding carboxylic acids is 1. The van der Waals surface area contributed by atoms with Crippen molar-refractivity contribution >= 4 is 18.5 Å². The average molecular weight is 236 g/mol. The van der Waals surface area contributed by atoms with Gasteiger partial charge in [-0.1, -0.05) is 6.07 Å². The van der Waals surface area contributed by atoms with E-state index in [-0.39, 0.29) is 5.91 Å². The van der Waals surface area contributed by atoms with Crippen LogP contribution in [0.4, 0.5) is 0 Å². The molecule has 0 aromatic heterocycles. The van der Waals surface area contributed by atoms with Gasteiger partial charge < -0.3 is 10.2 Å². The van der Waals surface area contributed by atoms with E-state index in [2.05, 4.69) is 17.9 Å². The van der Waals surface area contributed by atoms with Crippen LogP contribution in [0.15, 0.2) is 29.2 Å². The molecule has 1 aliphatic heterocycles. The number of amides is 1. The predicted octanol–water partition coefficient (Wildman–Crippen LogP) is 1.41. The largest absolute Gasteiger partial charge is 0.337 e. The minimum absolute atomic E-state index is 0.111. The highest BCUT2D eigenvalue weighted by Crippen LogP contribution is 2.12. The summed E-state index contributed by atoms with van der Waals surface area (Å²) < 4.78 is 0. The SMILES string of the molecule is O=C(c1cccc(S)c1)N1CCCNCC1.